The van der Waals surface area contributed by atoms with Crippen LogP contribution >= 0.6 is 0 Å². The van der Waals surface area contributed by atoms with Crippen LogP contribution in [0.5, 0.6) is 0 Å². The normalized spacial score (nSPS) is 16.6. The lowest BCUT2D eigenvalue weighted by molar-refractivity contribution is -0.0367. The third kappa shape index (κ3) is 4.81. The molecule has 1 saturated heterocycles. The molecule has 1 N–H and O–H groups in total. The summed E-state index contributed by atoms with van der Waals surface area (Å²) in [5.41, 5.74) is 6.33. The molecule has 1 aliphatic heterocycles. The van der Waals surface area contributed by atoms with Gasteiger partial charge in [-0.3, -0.25) is 9.97 Å². The zero-order valence-corrected chi connectivity index (χ0v) is 19.1. The topological polar surface area (TPSA) is 64.9 Å². The Balaban J connectivity index is 1.58. The molecule has 1 fully saturated rings. The summed E-state index contributed by atoms with van der Waals surface area (Å²) in [7, 11) is 0. The average molecular weight is 440 g/mol. The van der Waals surface area contributed by atoms with Gasteiger partial charge in [0.1, 0.15) is 0 Å². The highest BCUT2D eigenvalue weighted by molar-refractivity contribution is 5.93. The molecule has 0 bridgehead atoms. The van der Waals surface area contributed by atoms with Gasteiger partial charge in [-0.15, -0.1) is 0 Å². The van der Waals surface area contributed by atoms with Gasteiger partial charge in [0.25, 0.3) is 0 Å². The maximum atomic E-state index is 6.07. The van der Waals surface area contributed by atoms with Gasteiger partial charge in [0, 0.05) is 48.4 Å². The molecular weight excluding hydrogens is 410 g/mol. The number of hydrogen-bond acceptors (Lipinski definition) is 5. The fourth-order valence-electron chi connectivity index (χ4n) is 4.26. The minimum atomic E-state index is -0.0181. The van der Waals surface area contributed by atoms with E-state index < -0.39 is 0 Å². The molecule has 1 atom stereocenters. The summed E-state index contributed by atoms with van der Waals surface area (Å²) >= 11 is 0. The molecule has 33 heavy (non-hydrogen) atoms. The molecule has 6 nitrogen and oxygen atoms in total. The van der Waals surface area contributed by atoms with E-state index in [-0.39, 0.29) is 6.23 Å². The lowest BCUT2D eigenvalue weighted by Crippen LogP contribution is -2.19. The van der Waals surface area contributed by atoms with E-state index in [9.17, 15) is 0 Å². The van der Waals surface area contributed by atoms with Crippen molar-refractivity contribution in [1.82, 2.24) is 19.7 Å². The highest BCUT2D eigenvalue weighted by Crippen LogP contribution is 2.32. The molecule has 6 heteroatoms. The zero-order chi connectivity index (χ0) is 22.6. The van der Waals surface area contributed by atoms with E-state index in [0.29, 0.717) is 6.04 Å². The van der Waals surface area contributed by atoms with Crippen LogP contribution in [-0.2, 0) is 4.74 Å². The first-order chi connectivity index (χ1) is 16.2. The molecule has 0 saturated carbocycles. The largest absolute Gasteiger partial charge is 0.382 e. The van der Waals surface area contributed by atoms with Gasteiger partial charge in [0.15, 0.2) is 6.23 Å². The van der Waals surface area contributed by atoms with Gasteiger partial charge in [-0.1, -0.05) is 12.1 Å². The molecule has 0 aliphatic carbocycles. The molecule has 4 aromatic rings. The third-order valence-electron chi connectivity index (χ3n) is 5.83. The van der Waals surface area contributed by atoms with Crippen molar-refractivity contribution in [3.8, 4) is 11.1 Å². The van der Waals surface area contributed by atoms with Gasteiger partial charge in [0.2, 0.25) is 0 Å². The van der Waals surface area contributed by atoms with E-state index in [2.05, 4.69) is 70.2 Å². The van der Waals surface area contributed by atoms with Gasteiger partial charge in [-0.05, 0) is 80.6 Å². The lowest BCUT2D eigenvalue weighted by atomic mass is 10.0. The minimum Gasteiger partial charge on any atom is -0.382 e. The maximum Gasteiger partial charge on any atom is 0.150 e. The van der Waals surface area contributed by atoms with Gasteiger partial charge in [0.05, 0.1) is 16.9 Å². The minimum absolute atomic E-state index is 0.0181. The summed E-state index contributed by atoms with van der Waals surface area (Å²) in [6.45, 7) is 5.04. The number of ether oxygens (including phenoxy) is 1. The van der Waals surface area contributed by atoms with Crippen LogP contribution in [0.4, 0.5) is 5.69 Å². The summed E-state index contributed by atoms with van der Waals surface area (Å²) < 4.78 is 8.12. The van der Waals surface area contributed by atoms with Crippen LogP contribution < -0.4 is 5.32 Å². The van der Waals surface area contributed by atoms with Crippen molar-refractivity contribution in [3.63, 3.8) is 0 Å². The van der Waals surface area contributed by atoms with Crippen LogP contribution in [-0.4, -0.2) is 32.4 Å². The second-order valence-electron chi connectivity index (χ2n) is 8.76. The number of fused-ring (bicyclic) bond motifs is 1. The van der Waals surface area contributed by atoms with E-state index in [1.807, 2.05) is 24.5 Å². The SMILES string of the molecule is CC(C)Nc1cncc(-c2ccc3c(c2)c(/C=C/c2ccncc2)nn3C2CCCCO2)c1. The Bertz CT molecular complexity index is 1260. The van der Waals surface area contributed by atoms with Crippen LogP contribution in [0, 0.1) is 0 Å². The highest BCUT2D eigenvalue weighted by Gasteiger charge is 2.20. The molecule has 168 valence electrons. The van der Waals surface area contributed by atoms with Gasteiger partial charge < -0.3 is 10.1 Å². The van der Waals surface area contributed by atoms with E-state index in [1.165, 1.54) is 0 Å². The Kier molecular flexibility index (Phi) is 6.17. The summed E-state index contributed by atoms with van der Waals surface area (Å²) in [6.07, 6.45) is 14.8. The van der Waals surface area contributed by atoms with Crippen LogP contribution in [0.2, 0.25) is 0 Å². The predicted octanol–water partition coefficient (Wildman–Crippen LogP) is 6.18. The van der Waals surface area contributed by atoms with Crippen molar-refractivity contribution in [3.05, 3.63) is 72.4 Å². The van der Waals surface area contributed by atoms with Crippen molar-refractivity contribution in [2.45, 2.75) is 45.4 Å². The standard InChI is InChI=1S/C27H29N5O/c1-19(2)30-23-15-22(17-29-18-23)21-7-9-26-24(16-21)25(8-6-20-10-12-28-13-11-20)31-32(26)27-5-3-4-14-33-27/h6-13,15-19,27,30H,3-5,14H2,1-2H3/b8-6+. The number of aromatic nitrogens is 4. The summed E-state index contributed by atoms with van der Waals surface area (Å²) in [6, 6.07) is 13.0. The first-order valence-electron chi connectivity index (χ1n) is 11.6. The first kappa shape index (κ1) is 21.3. The second kappa shape index (κ2) is 9.55. The smallest absolute Gasteiger partial charge is 0.150 e. The van der Waals surface area contributed by atoms with Crippen LogP contribution in [0.1, 0.15) is 50.6 Å². The number of nitrogens with zero attached hydrogens (tertiary/aromatic N) is 4. The van der Waals surface area contributed by atoms with Crippen molar-refractivity contribution in [2.24, 2.45) is 0 Å². The average Bonchev–Trinajstić information content (AvgIpc) is 3.22. The summed E-state index contributed by atoms with van der Waals surface area (Å²) in [4.78, 5) is 8.55. The molecule has 0 amide bonds. The number of pyridine rings is 2. The van der Waals surface area contributed by atoms with E-state index >= 15 is 0 Å². The summed E-state index contributed by atoms with van der Waals surface area (Å²) in [5.74, 6) is 0. The number of anilines is 1. The van der Waals surface area contributed by atoms with E-state index in [0.717, 1.165) is 64.8 Å². The fraction of sp³-hybridized carbons (Fsp3) is 0.296. The maximum absolute atomic E-state index is 6.07. The molecular formula is C27H29N5O. The van der Waals surface area contributed by atoms with Gasteiger partial charge >= 0.3 is 0 Å². The molecule has 3 aromatic heterocycles. The number of nitrogens with one attached hydrogen (secondary N) is 1. The molecule has 1 aromatic carbocycles. The Labute approximate surface area is 194 Å². The second-order valence-corrected chi connectivity index (χ2v) is 8.76. The lowest BCUT2D eigenvalue weighted by Gasteiger charge is -2.23. The Morgan fingerprint density at radius 3 is 2.67 bits per heavy atom. The molecule has 0 radical (unpaired) electrons. The Morgan fingerprint density at radius 2 is 1.88 bits per heavy atom. The van der Waals surface area contributed by atoms with Crippen molar-refractivity contribution >= 4 is 28.7 Å². The van der Waals surface area contributed by atoms with Crippen LogP contribution in [0.25, 0.3) is 34.2 Å². The van der Waals surface area contributed by atoms with Crippen molar-refractivity contribution in [2.75, 3.05) is 11.9 Å². The quantitative estimate of drug-likeness (QED) is 0.388. The molecule has 0 spiro atoms. The summed E-state index contributed by atoms with van der Waals surface area (Å²) in [5, 5.41) is 9.52. The van der Waals surface area contributed by atoms with Crippen LogP contribution in [0.15, 0.2) is 61.2 Å². The molecule has 1 aliphatic rings. The highest BCUT2D eigenvalue weighted by atomic mass is 16.5. The van der Waals surface area contributed by atoms with Crippen molar-refractivity contribution < 1.29 is 4.74 Å². The Hall–Kier alpha value is -3.51. The van der Waals surface area contributed by atoms with Crippen molar-refractivity contribution in [1.29, 1.82) is 0 Å². The fourth-order valence-corrected chi connectivity index (χ4v) is 4.26. The number of hydrogen-bond donors (Lipinski definition) is 1. The molecule has 4 heterocycles. The van der Waals surface area contributed by atoms with Gasteiger partial charge in [-0.25, -0.2) is 4.68 Å². The Morgan fingerprint density at radius 1 is 1.00 bits per heavy atom. The molecule has 1 unspecified atom stereocenters. The van der Waals surface area contributed by atoms with Crippen LogP contribution in [0.3, 0.4) is 0 Å². The zero-order valence-electron chi connectivity index (χ0n) is 19.1. The third-order valence-corrected chi connectivity index (χ3v) is 5.83. The number of benzene rings is 1. The monoisotopic (exact) mass is 439 g/mol. The van der Waals surface area contributed by atoms with Gasteiger partial charge in [-0.2, -0.15) is 5.10 Å². The predicted molar refractivity (Wildman–Crippen MR) is 134 cm³/mol. The molecule has 5 rings (SSSR count). The van der Waals surface area contributed by atoms with E-state index in [4.69, 9.17) is 9.84 Å². The number of rotatable bonds is 6. The van der Waals surface area contributed by atoms with E-state index in [1.54, 1.807) is 12.4 Å². The first-order valence-corrected chi connectivity index (χ1v) is 11.6.